The Balaban J connectivity index is 1.86. The molecule has 1 heterocycles. The molecule has 6 heteroatoms. The van der Waals surface area contributed by atoms with Gasteiger partial charge < -0.3 is 5.32 Å². The van der Waals surface area contributed by atoms with Gasteiger partial charge in [0.25, 0.3) is 11.5 Å². The molecular weight excluding hydrogens is 430 g/mol. The molecule has 0 aliphatic carbocycles. The Morgan fingerprint density at radius 1 is 1.00 bits per heavy atom. The second-order valence-electron chi connectivity index (χ2n) is 8.52. The van der Waals surface area contributed by atoms with Crippen LogP contribution in [0.5, 0.6) is 0 Å². The highest BCUT2D eigenvalue weighted by atomic mass is 32.2. The predicted molar refractivity (Wildman–Crippen MR) is 135 cm³/mol. The zero-order valence-electron chi connectivity index (χ0n) is 19.3. The third kappa shape index (κ3) is 5.17. The van der Waals surface area contributed by atoms with Crippen LogP contribution in [0.25, 0.3) is 16.6 Å². The van der Waals surface area contributed by atoms with Crippen LogP contribution in [0.2, 0.25) is 0 Å². The molecule has 0 radical (unpaired) electrons. The summed E-state index contributed by atoms with van der Waals surface area (Å²) in [5, 5.41) is 3.98. The van der Waals surface area contributed by atoms with Crippen molar-refractivity contribution in [3.05, 3.63) is 99.3 Å². The number of hydrogen-bond acceptors (Lipinski definition) is 4. The van der Waals surface area contributed by atoms with Gasteiger partial charge in [-0.1, -0.05) is 48.2 Å². The average Bonchev–Trinajstić information content (AvgIpc) is 2.77. The number of hydrogen-bond donors (Lipinski definition) is 1. The second-order valence-corrected chi connectivity index (χ2v) is 9.46. The Kier molecular flexibility index (Phi) is 6.65. The predicted octanol–water partition coefficient (Wildman–Crippen LogP) is 5.43. The van der Waals surface area contributed by atoms with E-state index >= 15 is 0 Å². The van der Waals surface area contributed by atoms with E-state index in [9.17, 15) is 9.59 Å². The van der Waals surface area contributed by atoms with E-state index in [-0.39, 0.29) is 17.5 Å². The summed E-state index contributed by atoms with van der Waals surface area (Å²) in [7, 11) is 0. The molecule has 4 aromatic rings. The first-order valence-corrected chi connectivity index (χ1v) is 11.9. The number of aromatic nitrogens is 2. The smallest absolute Gasteiger partial charge is 0.266 e. The zero-order valence-corrected chi connectivity index (χ0v) is 20.1. The number of nitrogens with zero attached hydrogens (tertiary/aromatic N) is 2. The Morgan fingerprint density at radius 3 is 2.36 bits per heavy atom. The third-order valence-electron chi connectivity index (χ3n) is 5.20. The van der Waals surface area contributed by atoms with Crippen LogP contribution in [-0.2, 0) is 5.75 Å². The van der Waals surface area contributed by atoms with Crippen molar-refractivity contribution in [2.24, 2.45) is 0 Å². The van der Waals surface area contributed by atoms with Crippen LogP contribution >= 0.6 is 11.8 Å². The van der Waals surface area contributed by atoms with E-state index < -0.39 is 0 Å². The van der Waals surface area contributed by atoms with Crippen molar-refractivity contribution < 1.29 is 4.79 Å². The minimum absolute atomic E-state index is 0.0238. The minimum atomic E-state index is -0.175. The van der Waals surface area contributed by atoms with Crippen molar-refractivity contribution in [3.8, 4) is 5.69 Å². The topological polar surface area (TPSA) is 64.0 Å². The normalized spacial score (nSPS) is 11.2. The molecular formula is C27H27N3O2S. The quantitative estimate of drug-likeness (QED) is 0.310. The molecule has 168 valence electrons. The molecule has 0 saturated heterocycles. The lowest BCUT2D eigenvalue weighted by Crippen LogP contribution is -2.30. The van der Waals surface area contributed by atoms with Crippen LogP contribution in [-0.4, -0.2) is 21.5 Å². The number of rotatable bonds is 6. The third-order valence-corrected chi connectivity index (χ3v) is 6.21. The first kappa shape index (κ1) is 22.8. The van der Waals surface area contributed by atoms with Crippen molar-refractivity contribution in [3.63, 3.8) is 0 Å². The van der Waals surface area contributed by atoms with Crippen molar-refractivity contribution in [2.45, 2.75) is 44.6 Å². The summed E-state index contributed by atoms with van der Waals surface area (Å²) in [4.78, 5) is 31.0. The van der Waals surface area contributed by atoms with Crippen molar-refractivity contribution in [2.75, 3.05) is 0 Å². The Bertz CT molecular complexity index is 1360. The summed E-state index contributed by atoms with van der Waals surface area (Å²) in [6.45, 7) is 7.87. The fourth-order valence-electron chi connectivity index (χ4n) is 3.78. The number of carbonyl (C=O) groups is 1. The van der Waals surface area contributed by atoms with Gasteiger partial charge in [-0.15, -0.1) is 0 Å². The number of amides is 1. The Labute approximate surface area is 197 Å². The van der Waals surface area contributed by atoms with Crippen LogP contribution in [0.1, 0.15) is 40.9 Å². The molecule has 0 atom stereocenters. The van der Waals surface area contributed by atoms with Gasteiger partial charge in [0.2, 0.25) is 0 Å². The molecule has 4 rings (SSSR count). The minimum Gasteiger partial charge on any atom is -0.350 e. The summed E-state index contributed by atoms with van der Waals surface area (Å²) < 4.78 is 1.68. The maximum Gasteiger partial charge on any atom is 0.266 e. The summed E-state index contributed by atoms with van der Waals surface area (Å²) >= 11 is 1.51. The second kappa shape index (κ2) is 9.63. The molecule has 1 aromatic heterocycles. The van der Waals surface area contributed by atoms with Crippen molar-refractivity contribution >= 4 is 28.6 Å². The van der Waals surface area contributed by atoms with Crippen molar-refractivity contribution in [1.82, 2.24) is 14.9 Å². The van der Waals surface area contributed by atoms with Gasteiger partial charge in [-0.3, -0.25) is 14.2 Å². The van der Waals surface area contributed by atoms with Gasteiger partial charge in [0.05, 0.1) is 16.6 Å². The summed E-state index contributed by atoms with van der Waals surface area (Å²) in [5.41, 5.74) is 4.97. The van der Waals surface area contributed by atoms with E-state index in [4.69, 9.17) is 4.98 Å². The summed E-state index contributed by atoms with van der Waals surface area (Å²) in [6, 6.07) is 21.3. The number of nitrogens with one attached hydrogen (secondary N) is 1. The molecule has 0 aliphatic rings. The number of thioether (sulfide) groups is 1. The van der Waals surface area contributed by atoms with Gasteiger partial charge in [0, 0.05) is 17.4 Å². The Hall–Kier alpha value is -3.38. The van der Waals surface area contributed by atoms with E-state index in [0.29, 0.717) is 27.4 Å². The molecule has 1 N–H and O–H groups in total. The molecule has 0 spiro atoms. The lowest BCUT2D eigenvalue weighted by Gasteiger charge is -2.15. The van der Waals surface area contributed by atoms with Crippen LogP contribution in [0, 0.1) is 13.8 Å². The average molecular weight is 458 g/mol. The lowest BCUT2D eigenvalue weighted by molar-refractivity contribution is 0.0943. The standard InChI is InChI=1S/C27H27N3O2S/c1-17(2)28-25(31)21-10-11-23-24(15-21)29-27(33-16-20-8-6-5-7-9-20)30(26(23)32)22-13-18(3)12-19(4)14-22/h5-15,17H,16H2,1-4H3,(H,28,31). The molecule has 0 bridgehead atoms. The molecule has 3 aromatic carbocycles. The molecule has 33 heavy (non-hydrogen) atoms. The summed E-state index contributed by atoms with van der Waals surface area (Å²) in [6.07, 6.45) is 0. The highest BCUT2D eigenvalue weighted by Crippen LogP contribution is 2.26. The molecule has 5 nitrogen and oxygen atoms in total. The highest BCUT2D eigenvalue weighted by molar-refractivity contribution is 7.98. The summed E-state index contributed by atoms with van der Waals surface area (Å²) in [5.74, 6) is 0.502. The molecule has 0 saturated carbocycles. The fourth-order valence-corrected chi connectivity index (χ4v) is 4.75. The van der Waals surface area contributed by atoms with E-state index in [0.717, 1.165) is 22.4 Å². The molecule has 1 amide bonds. The first-order valence-electron chi connectivity index (χ1n) is 10.9. The number of benzene rings is 3. The van der Waals surface area contributed by atoms with Gasteiger partial charge in [-0.2, -0.15) is 0 Å². The lowest BCUT2D eigenvalue weighted by atomic mass is 10.1. The first-order chi connectivity index (χ1) is 15.8. The van der Waals surface area contributed by atoms with Crippen LogP contribution < -0.4 is 10.9 Å². The van der Waals surface area contributed by atoms with E-state index in [1.165, 1.54) is 11.8 Å². The fraction of sp³-hybridized carbons (Fsp3) is 0.222. The van der Waals surface area contributed by atoms with Gasteiger partial charge in [-0.05, 0) is 74.7 Å². The van der Waals surface area contributed by atoms with Crippen LogP contribution in [0.3, 0.4) is 0 Å². The molecule has 0 unspecified atom stereocenters. The molecule has 0 aliphatic heterocycles. The van der Waals surface area contributed by atoms with E-state index in [1.807, 2.05) is 58.0 Å². The molecule has 0 fully saturated rings. The monoisotopic (exact) mass is 457 g/mol. The van der Waals surface area contributed by atoms with E-state index in [2.05, 4.69) is 23.5 Å². The van der Waals surface area contributed by atoms with Crippen molar-refractivity contribution in [1.29, 1.82) is 0 Å². The van der Waals surface area contributed by atoms with Gasteiger partial charge in [0.1, 0.15) is 0 Å². The number of aryl methyl sites for hydroxylation is 2. The SMILES string of the molecule is Cc1cc(C)cc(-n2c(SCc3ccccc3)nc3cc(C(=O)NC(C)C)ccc3c2=O)c1. The highest BCUT2D eigenvalue weighted by Gasteiger charge is 2.16. The van der Waals surface area contributed by atoms with Gasteiger partial charge in [0.15, 0.2) is 5.16 Å². The number of carbonyl (C=O) groups excluding carboxylic acids is 1. The van der Waals surface area contributed by atoms with Gasteiger partial charge in [-0.25, -0.2) is 4.98 Å². The maximum atomic E-state index is 13.7. The van der Waals surface area contributed by atoms with Crippen LogP contribution in [0.4, 0.5) is 0 Å². The number of fused-ring (bicyclic) bond motifs is 1. The van der Waals surface area contributed by atoms with E-state index in [1.54, 1.807) is 22.8 Å². The zero-order chi connectivity index (χ0) is 23.5. The van der Waals surface area contributed by atoms with Gasteiger partial charge >= 0.3 is 0 Å². The largest absolute Gasteiger partial charge is 0.350 e. The van der Waals surface area contributed by atoms with Crippen LogP contribution in [0.15, 0.2) is 76.7 Å². The maximum absolute atomic E-state index is 13.7. The Morgan fingerprint density at radius 2 is 1.70 bits per heavy atom.